The lowest BCUT2D eigenvalue weighted by Gasteiger charge is -2.19. The van der Waals surface area contributed by atoms with Crippen LogP contribution in [0.25, 0.3) is 5.65 Å². The minimum atomic E-state index is 0.754. The third-order valence-electron chi connectivity index (χ3n) is 4.62. The number of hydrogen-bond donors (Lipinski definition) is 1. The Labute approximate surface area is 127 Å². The smallest absolute Gasteiger partial charge is 0.152 e. The molecular formula is C17H26N4. The summed E-state index contributed by atoms with van der Waals surface area (Å²) in [5.41, 5.74) is 2.34. The van der Waals surface area contributed by atoms with Gasteiger partial charge in [-0.2, -0.15) is 0 Å². The van der Waals surface area contributed by atoms with Crippen molar-refractivity contribution in [3.05, 3.63) is 30.1 Å². The molecular weight excluding hydrogens is 260 g/mol. The summed E-state index contributed by atoms with van der Waals surface area (Å²) in [7, 11) is 0. The molecule has 0 radical (unpaired) electrons. The fourth-order valence-electron chi connectivity index (χ4n) is 3.22. The van der Waals surface area contributed by atoms with Gasteiger partial charge in [0.1, 0.15) is 5.65 Å². The van der Waals surface area contributed by atoms with E-state index in [0.29, 0.717) is 0 Å². The number of hydrogen-bond acceptors (Lipinski definition) is 3. The molecule has 1 unspecified atom stereocenters. The highest BCUT2D eigenvalue weighted by atomic mass is 15.2. The van der Waals surface area contributed by atoms with Crippen LogP contribution in [-0.2, 0) is 6.54 Å². The maximum atomic E-state index is 4.89. The monoisotopic (exact) mass is 286 g/mol. The number of imidazole rings is 1. The molecule has 1 fully saturated rings. The SMILES string of the molecule is CCNCc1c(N2CCC(C(C)C)C2)nc2ccccn12. The Balaban J connectivity index is 1.93. The Morgan fingerprint density at radius 2 is 2.24 bits per heavy atom. The largest absolute Gasteiger partial charge is 0.355 e. The fourth-order valence-corrected chi connectivity index (χ4v) is 3.22. The molecule has 0 aromatic carbocycles. The molecule has 0 bridgehead atoms. The maximum Gasteiger partial charge on any atom is 0.152 e. The van der Waals surface area contributed by atoms with Crippen molar-refractivity contribution in [1.29, 1.82) is 0 Å². The van der Waals surface area contributed by atoms with E-state index < -0.39 is 0 Å². The number of aromatic nitrogens is 2. The van der Waals surface area contributed by atoms with Gasteiger partial charge in [0.05, 0.1) is 5.69 Å². The van der Waals surface area contributed by atoms with Crippen molar-refractivity contribution in [2.75, 3.05) is 24.5 Å². The average molecular weight is 286 g/mol. The van der Waals surface area contributed by atoms with E-state index in [0.717, 1.165) is 43.7 Å². The Morgan fingerprint density at radius 1 is 1.38 bits per heavy atom. The van der Waals surface area contributed by atoms with Gasteiger partial charge < -0.3 is 14.6 Å². The quantitative estimate of drug-likeness (QED) is 0.917. The van der Waals surface area contributed by atoms with Gasteiger partial charge in [-0.1, -0.05) is 26.8 Å². The molecule has 0 saturated carbocycles. The van der Waals surface area contributed by atoms with E-state index in [1.165, 1.54) is 17.9 Å². The van der Waals surface area contributed by atoms with Crippen molar-refractivity contribution in [3.63, 3.8) is 0 Å². The molecule has 3 heterocycles. The van der Waals surface area contributed by atoms with E-state index in [2.05, 4.69) is 59.8 Å². The minimum absolute atomic E-state index is 0.754. The van der Waals surface area contributed by atoms with Gasteiger partial charge in [-0.15, -0.1) is 0 Å². The zero-order chi connectivity index (χ0) is 14.8. The van der Waals surface area contributed by atoms with E-state index in [-0.39, 0.29) is 0 Å². The van der Waals surface area contributed by atoms with Crippen LogP contribution >= 0.6 is 0 Å². The molecule has 4 nitrogen and oxygen atoms in total. The van der Waals surface area contributed by atoms with Gasteiger partial charge in [0.25, 0.3) is 0 Å². The molecule has 1 N–H and O–H groups in total. The molecule has 2 aromatic heterocycles. The van der Waals surface area contributed by atoms with Gasteiger partial charge in [-0.05, 0) is 36.9 Å². The van der Waals surface area contributed by atoms with Crippen LogP contribution in [0.2, 0.25) is 0 Å². The van der Waals surface area contributed by atoms with Crippen LogP contribution in [-0.4, -0.2) is 29.0 Å². The molecule has 0 amide bonds. The highest BCUT2D eigenvalue weighted by Gasteiger charge is 2.28. The molecule has 0 spiro atoms. The standard InChI is InChI=1S/C17H26N4/c1-4-18-11-15-17(19-16-7-5-6-9-21(15)16)20-10-8-14(12-20)13(2)3/h5-7,9,13-14,18H,4,8,10-12H2,1-3H3. The van der Waals surface area contributed by atoms with Crippen LogP contribution in [0.5, 0.6) is 0 Å². The highest BCUT2D eigenvalue weighted by Crippen LogP contribution is 2.30. The first-order chi connectivity index (χ1) is 10.2. The third kappa shape index (κ3) is 2.77. The lowest BCUT2D eigenvalue weighted by molar-refractivity contribution is 0.422. The first kappa shape index (κ1) is 14.4. The predicted octanol–water partition coefficient (Wildman–Crippen LogP) is 2.93. The van der Waals surface area contributed by atoms with Crippen LogP contribution in [0.4, 0.5) is 5.82 Å². The second-order valence-corrected chi connectivity index (χ2v) is 6.33. The van der Waals surface area contributed by atoms with E-state index in [1.807, 2.05) is 0 Å². The molecule has 21 heavy (non-hydrogen) atoms. The zero-order valence-electron chi connectivity index (χ0n) is 13.3. The van der Waals surface area contributed by atoms with Crippen LogP contribution < -0.4 is 10.2 Å². The summed E-state index contributed by atoms with van der Waals surface area (Å²) in [5.74, 6) is 2.72. The molecule has 0 aliphatic carbocycles. The predicted molar refractivity (Wildman–Crippen MR) is 87.7 cm³/mol. The van der Waals surface area contributed by atoms with Crippen molar-refractivity contribution < 1.29 is 0 Å². The van der Waals surface area contributed by atoms with Crippen molar-refractivity contribution in [2.45, 2.75) is 33.7 Å². The Hall–Kier alpha value is -1.55. The van der Waals surface area contributed by atoms with Gasteiger partial charge in [-0.3, -0.25) is 0 Å². The van der Waals surface area contributed by atoms with E-state index in [1.54, 1.807) is 0 Å². The number of nitrogens with zero attached hydrogens (tertiary/aromatic N) is 3. The Bertz CT molecular complexity index is 602. The summed E-state index contributed by atoms with van der Waals surface area (Å²) < 4.78 is 2.22. The lowest BCUT2D eigenvalue weighted by atomic mass is 9.95. The second-order valence-electron chi connectivity index (χ2n) is 6.33. The van der Waals surface area contributed by atoms with Crippen LogP contribution in [0.3, 0.4) is 0 Å². The first-order valence-corrected chi connectivity index (χ1v) is 8.12. The lowest BCUT2D eigenvalue weighted by Crippen LogP contribution is -2.24. The summed E-state index contributed by atoms with van der Waals surface area (Å²) in [4.78, 5) is 7.37. The van der Waals surface area contributed by atoms with Crippen molar-refractivity contribution in [3.8, 4) is 0 Å². The molecule has 1 aliphatic heterocycles. The molecule has 114 valence electrons. The van der Waals surface area contributed by atoms with Gasteiger partial charge >= 0.3 is 0 Å². The number of pyridine rings is 1. The number of anilines is 1. The topological polar surface area (TPSA) is 32.6 Å². The molecule has 3 rings (SSSR count). The van der Waals surface area contributed by atoms with Crippen LogP contribution in [0, 0.1) is 11.8 Å². The molecule has 2 aromatic rings. The summed E-state index contributed by atoms with van der Waals surface area (Å²) in [6.07, 6.45) is 3.40. The summed E-state index contributed by atoms with van der Waals surface area (Å²) >= 11 is 0. The molecule has 1 atom stereocenters. The first-order valence-electron chi connectivity index (χ1n) is 8.12. The zero-order valence-corrected chi connectivity index (χ0v) is 13.3. The van der Waals surface area contributed by atoms with E-state index in [9.17, 15) is 0 Å². The third-order valence-corrected chi connectivity index (χ3v) is 4.62. The minimum Gasteiger partial charge on any atom is -0.355 e. The number of fused-ring (bicyclic) bond motifs is 1. The summed E-state index contributed by atoms with van der Waals surface area (Å²) in [6, 6.07) is 6.23. The highest BCUT2D eigenvalue weighted by molar-refractivity contribution is 5.56. The van der Waals surface area contributed by atoms with Crippen molar-refractivity contribution in [1.82, 2.24) is 14.7 Å². The van der Waals surface area contributed by atoms with Gasteiger partial charge in [0, 0.05) is 25.8 Å². The Kier molecular flexibility index (Phi) is 4.15. The van der Waals surface area contributed by atoms with E-state index in [4.69, 9.17) is 4.98 Å². The Morgan fingerprint density at radius 3 is 2.95 bits per heavy atom. The number of rotatable bonds is 5. The normalized spacial score (nSPS) is 19.0. The van der Waals surface area contributed by atoms with Gasteiger partial charge in [-0.25, -0.2) is 4.98 Å². The van der Waals surface area contributed by atoms with E-state index >= 15 is 0 Å². The van der Waals surface area contributed by atoms with Gasteiger partial charge in [0.15, 0.2) is 5.82 Å². The van der Waals surface area contributed by atoms with Crippen LogP contribution in [0.15, 0.2) is 24.4 Å². The summed E-state index contributed by atoms with van der Waals surface area (Å²) in [5, 5.41) is 3.45. The molecule has 1 saturated heterocycles. The maximum absolute atomic E-state index is 4.89. The summed E-state index contributed by atoms with van der Waals surface area (Å²) in [6.45, 7) is 10.9. The number of nitrogens with one attached hydrogen (secondary N) is 1. The molecule has 1 aliphatic rings. The average Bonchev–Trinajstić information content (AvgIpc) is 3.09. The molecule has 4 heteroatoms. The van der Waals surface area contributed by atoms with Crippen molar-refractivity contribution >= 4 is 11.5 Å². The van der Waals surface area contributed by atoms with Crippen LogP contribution in [0.1, 0.15) is 32.9 Å². The fraction of sp³-hybridized carbons (Fsp3) is 0.588. The second kappa shape index (κ2) is 6.06. The van der Waals surface area contributed by atoms with Crippen molar-refractivity contribution in [2.24, 2.45) is 11.8 Å². The van der Waals surface area contributed by atoms with Gasteiger partial charge in [0.2, 0.25) is 0 Å².